The van der Waals surface area contributed by atoms with Crippen LogP contribution in [0.3, 0.4) is 0 Å². The first-order chi connectivity index (χ1) is 9.69. The Hall–Kier alpha value is -1.94. The highest BCUT2D eigenvalue weighted by molar-refractivity contribution is 6.30. The lowest BCUT2D eigenvalue weighted by Gasteiger charge is -2.09. The molecule has 0 aliphatic heterocycles. The Morgan fingerprint density at radius 1 is 1.10 bits per heavy atom. The summed E-state index contributed by atoms with van der Waals surface area (Å²) in [6.07, 6.45) is 0. The molecular weight excluding hydrogens is 281 g/mol. The number of ether oxygens (including phenoxy) is 2. The Labute approximate surface area is 122 Å². The minimum atomic E-state index is -0.437. The van der Waals surface area contributed by atoms with Gasteiger partial charge in [0.25, 0.3) is 0 Å². The fraction of sp³-hybridized carbons (Fsp3) is 0.200. The largest absolute Gasteiger partial charge is 0.497 e. The van der Waals surface area contributed by atoms with Gasteiger partial charge in [0.1, 0.15) is 23.9 Å². The highest BCUT2D eigenvalue weighted by Gasteiger charge is 2.00. The van der Waals surface area contributed by atoms with E-state index in [9.17, 15) is 4.39 Å². The zero-order chi connectivity index (χ0) is 14.4. The van der Waals surface area contributed by atoms with Crippen LogP contribution in [0.25, 0.3) is 0 Å². The van der Waals surface area contributed by atoms with Gasteiger partial charge in [-0.1, -0.05) is 11.6 Å². The van der Waals surface area contributed by atoms with Crippen LogP contribution in [-0.2, 0) is 0 Å². The maximum absolute atomic E-state index is 13.2. The Kier molecular flexibility index (Phi) is 5.07. The molecule has 0 saturated carbocycles. The van der Waals surface area contributed by atoms with Gasteiger partial charge in [-0.25, -0.2) is 4.39 Å². The molecule has 1 N–H and O–H groups in total. The summed E-state index contributed by atoms with van der Waals surface area (Å²) in [5.74, 6) is 1.11. The molecule has 0 unspecified atom stereocenters. The quantitative estimate of drug-likeness (QED) is 0.818. The van der Waals surface area contributed by atoms with Crippen molar-refractivity contribution in [2.24, 2.45) is 0 Å². The molecule has 5 heteroatoms. The SMILES string of the molecule is COc1ccc(OCCNc2ccc(Cl)c(F)c2)cc1. The molecule has 0 bridgehead atoms. The van der Waals surface area contributed by atoms with E-state index >= 15 is 0 Å². The van der Waals surface area contributed by atoms with Crippen molar-refractivity contribution < 1.29 is 13.9 Å². The Bertz CT molecular complexity index is 560. The number of benzene rings is 2. The van der Waals surface area contributed by atoms with Crippen molar-refractivity contribution in [2.45, 2.75) is 0 Å². The molecule has 0 fully saturated rings. The van der Waals surface area contributed by atoms with Gasteiger partial charge in [-0.2, -0.15) is 0 Å². The Balaban J connectivity index is 1.76. The summed E-state index contributed by atoms with van der Waals surface area (Å²) in [6, 6.07) is 11.9. The number of rotatable bonds is 6. The molecule has 0 spiro atoms. The summed E-state index contributed by atoms with van der Waals surface area (Å²) in [5, 5.41) is 3.17. The lowest BCUT2D eigenvalue weighted by atomic mass is 10.3. The molecule has 3 nitrogen and oxygen atoms in total. The molecule has 0 saturated heterocycles. The first-order valence-electron chi connectivity index (χ1n) is 6.15. The molecule has 0 heterocycles. The number of hydrogen-bond acceptors (Lipinski definition) is 3. The minimum Gasteiger partial charge on any atom is -0.497 e. The van der Waals surface area contributed by atoms with Gasteiger partial charge in [-0.3, -0.25) is 0 Å². The van der Waals surface area contributed by atoms with Crippen molar-refractivity contribution in [3.05, 3.63) is 53.3 Å². The summed E-state index contributed by atoms with van der Waals surface area (Å²) in [4.78, 5) is 0. The van der Waals surface area contributed by atoms with Crippen LogP contribution in [-0.4, -0.2) is 20.3 Å². The minimum absolute atomic E-state index is 0.116. The van der Waals surface area contributed by atoms with Crippen molar-refractivity contribution in [1.29, 1.82) is 0 Å². The van der Waals surface area contributed by atoms with Crippen LogP contribution in [0.1, 0.15) is 0 Å². The van der Waals surface area contributed by atoms with E-state index in [0.29, 0.717) is 18.8 Å². The van der Waals surface area contributed by atoms with Gasteiger partial charge in [0.2, 0.25) is 0 Å². The molecule has 0 aliphatic carbocycles. The zero-order valence-corrected chi connectivity index (χ0v) is 11.8. The van der Waals surface area contributed by atoms with E-state index in [1.165, 1.54) is 12.1 Å². The van der Waals surface area contributed by atoms with E-state index < -0.39 is 5.82 Å². The van der Waals surface area contributed by atoms with Crippen LogP contribution in [0.15, 0.2) is 42.5 Å². The maximum Gasteiger partial charge on any atom is 0.143 e. The summed E-state index contributed by atoms with van der Waals surface area (Å²) in [6.45, 7) is 1.03. The molecular formula is C15H15ClFNO2. The lowest BCUT2D eigenvalue weighted by molar-refractivity contribution is 0.331. The third-order valence-corrected chi connectivity index (χ3v) is 2.99. The van der Waals surface area contributed by atoms with E-state index in [1.807, 2.05) is 24.3 Å². The molecule has 20 heavy (non-hydrogen) atoms. The van der Waals surface area contributed by atoms with Gasteiger partial charge in [-0.05, 0) is 42.5 Å². The molecule has 0 atom stereocenters. The highest BCUT2D eigenvalue weighted by atomic mass is 35.5. The summed E-state index contributed by atoms with van der Waals surface area (Å²) in [7, 11) is 1.62. The second-order valence-electron chi connectivity index (χ2n) is 4.08. The molecule has 2 rings (SSSR count). The van der Waals surface area contributed by atoms with Gasteiger partial charge in [-0.15, -0.1) is 0 Å². The van der Waals surface area contributed by atoms with Crippen LogP contribution in [0.2, 0.25) is 5.02 Å². The molecule has 0 aliphatic rings. The molecule has 0 radical (unpaired) electrons. The van der Waals surface area contributed by atoms with E-state index in [1.54, 1.807) is 13.2 Å². The summed E-state index contributed by atoms with van der Waals surface area (Å²) < 4.78 is 23.8. The van der Waals surface area contributed by atoms with E-state index in [0.717, 1.165) is 11.5 Å². The van der Waals surface area contributed by atoms with Crippen LogP contribution < -0.4 is 14.8 Å². The molecule has 2 aromatic carbocycles. The third kappa shape index (κ3) is 4.03. The van der Waals surface area contributed by atoms with Gasteiger partial charge in [0.15, 0.2) is 0 Å². The van der Waals surface area contributed by atoms with Crippen molar-refractivity contribution in [3.63, 3.8) is 0 Å². The number of anilines is 1. The fourth-order valence-electron chi connectivity index (χ4n) is 1.64. The van der Waals surface area contributed by atoms with E-state index in [4.69, 9.17) is 21.1 Å². The van der Waals surface area contributed by atoms with Crippen LogP contribution in [0.4, 0.5) is 10.1 Å². The van der Waals surface area contributed by atoms with Crippen molar-refractivity contribution in [2.75, 3.05) is 25.6 Å². The van der Waals surface area contributed by atoms with E-state index in [-0.39, 0.29) is 5.02 Å². The zero-order valence-electron chi connectivity index (χ0n) is 11.0. The summed E-state index contributed by atoms with van der Waals surface area (Å²) in [5.41, 5.74) is 0.672. The Morgan fingerprint density at radius 3 is 2.45 bits per heavy atom. The van der Waals surface area contributed by atoms with Crippen molar-refractivity contribution in [3.8, 4) is 11.5 Å². The number of hydrogen-bond donors (Lipinski definition) is 1. The summed E-state index contributed by atoms with van der Waals surface area (Å²) >= 11 is 5.61. The van der Waals surface area contributed by atoms with Gasteiger partial charge < -0.3 is 14.8 Å². The molecule has 2 aromatic rings. The third-order valence-electron chi connectivity index (χ3n) is 2.68. The molecule has 0 amide bonds. The first kappa shape index (κ1) is 14.5. The second kappa shape index (κ2) is 7.01. The van der Waals surface area contributed by atoms with Gasteiger partial charge >= 0.3 is 0 Å². The van der Waals surface area contributed by atoms with Crippen LogP contribution in [0.5, 0.6) is 11.5 Å². The van der Waals surface area contributed by atoms with Crippen molar-refractivity contribution >= 4 is 17.3 Å². The normalized spacial score (nSPS) is 10.2. The van der Waals surface area contributed by atoms with Crippen LogP contribution in [0, 0.1) is 5.82 Å². The second-order valence-corrected chi connectivity index (χ2v) is 4.49. The fourth-order valence-corrected chi connectivity index (χ4v) is 1.76. The van der Waals surface area contributed by atoms with Crippen LogP contribution >= 0.6 is 11.6 Å². The monoisotopic (exact) mass is 295 g/mol. The number of halogens is 2. The molecule has 106 valence electrons. The predicted molar refractivity (Wildman–Crippen MR) is 78.4 cm³/mol. The van der Waals surface area contributed by atoms with E-state index in [2.05, 4.69) is 5.32 Å². The number of methoxy groups -OCH3 is 1. The predicted octanol–water partition coefficient (Wildman–Crippen LogP) is 3.98. The number of nitrogens with one attached hydrogen (secondary N) is 1. The topological polar surface area (TPSA) is 30.5 Å². The lowest BCUT2D eigenvalue weighted by Crippen LogP contribution is -2.11. The highest BCUT2D eigenvalue weighted by Crippen LogP contribution is 2.19. The van der Waals surface area contributed by atoms with Gasteiger partial charge in [0.05, 0.1) is 12.1 Å². The van der Waals surface area contributed by atoms with Gasteiger partial charge in [0, 0.05) is 12.2 Å². The standard InChI is InChI=1S/C15H15ClFNO2/c1-19-12-3-5-13(6-4-12)20-9-8-18-11-2-7-14(16)15(17)10-11/h2-7,10,18H,8-9H2,1H3. The average molecular weight is 296 g/mol. The smallest absolute Gasteiger partial charge is 0.143 e. The maximum atomic E-state index is 13.2. The molecule has 0 aromatic heterocycles. The Morgan fingerprint density at radius 2 is 1.80 bits per heavy atom. The average Bonchev–Trinajstić information content (AvgIpc) is 2.48. The first-order valence-corrected chi connectivity index (χ1v) is 6.52. The van der Waals surface area contributed by atoms with Crippen molar-refractivity contribution in [1.82, 2.24) is 0 Å².